The molecule has 2 amide bonds. The summed E-state index contributed by atoms with van der Waals surface area (Å²) in [5.74, 6) is -1.81. The maximum absolute atomic E-state index is 13.6. The molecule has 0 aliphatic rings. The van der Waals surface area contributed by atoms with Crippen molar-refractivity contribution in [3.8, 4) is 0 Å². The van der Waals surface area contributed by atoms with E-state index in [1.54, 1.807) is 12.1 Å². The van der Waals surface area contributed by atoms with Crippen LogP contribution in [0.15, 0.2) is 53.7 Å². The minimum atomic E-state index is -0.704. The number of hydrogen-bond acceptors (Lipinski definition) is 5. The van der Waals surface area contributed by atoms with Crippen molar-refractivity contribution in [3.63, 3.8) is 0 Å². The Morgan fingerprint density at radius 2 is 1.56 bits per heavy atom. The SMILES string of the molecule is Cc1cc(C)nc(SCc2ccc(C(=O)NNC(=O)CCc3c(F)cccc3F)cc2)n1. The lowest BCUT2D eigenvalue weighted by atomic mass is 10.1. The molecule has 6 nitrogen and oxygen atoms in total. The van der Waals surface area contributed by atoms with E-state index in [0.717, 1.165) is 29.1 Å². The number of aryl methyl sites for hydroxylation is 2. The van der Waals surface area contributed by atoms with Gasteiger partial charge in [0.1, 0.15) is 11.6 Å². The predicted octanol–water partition coefficient (Wildman–Crippen LogP) is 4.06. The maximum Gasteiger partial charge on any atom is 0.269 e. The summed E-state index contributed by atoms with van der Waals surface area (Å²) in [5.41, 5.74) is 7.58. The Labute approximate surface area is 188 Å². The molecule has 0 aliphatic carbocycles. The molecule has 0 saturated carbocycles. The molecule has 32 heavy (non-hydrogen) atoms. The molecule has 2 N–H and O–H groups in total. The number of hydrogen-bond donors (Lipinski definition) is 2. The highest BCUT2D eigenvalue weighted by atomic mass is 32.2. The zero-order valence-corrected chi connectivity index (χ0v) is 18.4. The first kappa shape index (κ1) is 23.3. The van der Waals surface area contributed by atoms with Crippen LogP contribution in [0.5, 0.6) is 0 Å². The van der Waals surface area contributed by atoms with Crippen LogP contribution in [0.3, 0.4) is 0 Å². The van der Waals surface area contributed by atoms with Gasteiger partial charge >= 0.3 is 0 Å². The van der Waals surface area contributed by atoms with E-state index in [9.17, 15) is 18.4 Å². The number of benzene rings is 2. The van der Waals surface area contributed by atoms with Crippen molar-refractivity contribution in [1.82, 2.24) is 20.8 Å². The number of rotatable bonds is 7. The van der Waals surface area contributed by atoms with Crippen LogP contribution in [0.2, 0.25) is 0 Å². The first-order chi connectivity index (χ1) is 15.3. The van der Waals surface area contributed by atoms with Crippen molar-refractivity contribution < 1.29 is 18.4 Å². The summed E-state index contributed by atoms with van der Waals surface area (Å²) in [6, 6.07) is 12.4. The van der Waals surface area contributed by atoms with Crippen molar-refractivity contribution in [2.45, 2.75) is 37.6 Å². The zero-order chi connectivity index (χ0) is 23.1. The van der Waals surface area contributed by atoms with Crippen molar-refractivity contribution in [3.05, 3.63) is 88.2 Å². The Hall–Kier alpha value is -3.33. The third-order valence-corrected chi connectivity index (χ3v) is 5.44. The Morgan fingerprint density at radius 1 is 0.938 bits per heavy atom. The molecule has 9 heteroatoms. The minimum Gasteiger partial charge on any atom is -0.273 e. The number of thioether (sulfide) groups is 1. The molecule has 1 heterocycles. The molecule has 0 bridgehead atoms. The van der Waals surface area contributed by atoms with Crippen LogP contribution in [0.25, 0.3) is 0 Å². The van der Waals surface area contributed by atoms with Gasteiger partial charge in [0.2, 0.25) is 5.91 Å². The number of hydrazine groups is 1. The number of carbonyl (C=O) groups excluding carboxylic acids is 2. The van der Waals surface area contributed by atoms with Crippen LogP contribution < -0.4 is 10.9 Å². The van der Waals surface area contributed by atoms with Crippen LogP contribution in [0.4, 0.5) is 8.78 Å². The Balaban J connectivity index is 1.46. The van der Waals surface area contributed by atoms with Crippen molar-refractivity contribution in [1.29, 1.82) is 0 Å². The molecule has 0 atom stereocenters. The van der Waals surface area contributed by atoms with Gasteiger partial charge in [0.05, 0.1) is 0 Å². The van der Waals surface area contributed by atoms with E-state index < -0.39 is 23.4 Å². The first-order valence-corrected chi connectivity index (χ1v) is 10.9. The highest BCUT2D eigenvalue weighted by molar-refractivity contribution is 7.98. The number of nitrogens with zero attached hydrogens (tertiary/aromatic N) is 2. The van der Waals surface area contributed by atoms with E-state index in [2.05, 4.69) is 20.8 Å². The molecule has 0 unspecified atom stereocenters. The fraction of sp³-hybridized carbons (Fsp3) is 0.217. The molecule has 0 spiro atoms. The van der Waals surface area contributed by atoms with E-state index in [1.165, 1.54) is 17.8 Å². The van der Waals surface area contributed by atoms with E-state index in [0.29, 0.717) is 16.5 Å². The monoisotopic (exact) mass is 456 g/mol. The standard InChI is InChI=1S/C23H22F2N4O2S/c1-14-12-15(2)27-23(26-14)32-13-16-6-8-17(9-7-16)22(31)29-28-21(30)11-10-18-19(24)4-3-5-20(18)25/h3-9,12H,10-11,13H2,1-2H3,(H,28,30)(H,29,31). The minimum absolute atomic E-state index is 0.114. The van der Waals surface area contributed by atoms with Gasteiger partial charge in [-0.3, -0.25) is 20.4 Å². The van der Waals surface area contributed by atoms with E-state index >= 15 is 0 Å². The molecular weight excluding hydrogens is 434 g/mol. The summed E-state index contributed by atoms with van der Waals surface area (Å²) in [4.78, 5) is 32.9. The number of nitrogens with one attached hydrogen (secondary N) is 2. The van der Waals surface area contributed by atoms with Crippen molar-refractivity contribution >= 4 is 23.6 Å². The number of carbonyl (C=O) groups is 2. The van der Waals surface area contributed by atoms with Gasteiger partial charge in [0, 0.05) is 34.7 Å². The van der Waals surface area contributed by atoms with Gasteiger partial charge in [-0.25, -0.2) is 18.7 Å². The molecule has 2 aromatic carbocycles. The molecule has 3 rings (SSSR count). The number of amides is 2. The molecular formula is C23H22F2N4O2S. The molecule has 3 aromatic rings. The predicted molar refractivity (Wildman–Crippen MR) is 118 cm³/mol. The number of aromatic nitrogens is 2. The fourth-order valence-corrected chi connectivity index (χ4v) is 3.83. The lowest BCUT2D eigenvalue weighted by molar-refractivity contribution is -0.121. The smallest absolute Gasteiger partial charge is 0.269 e. The summed E-state index contributed by atoms with van der Waals surface area (Å²) < 4.78 is 27.2. The third-order valence-electron chi connectivity index (χ3n) is 4.53. The lowest BCUT2D eigenvalue weighted by Crippen LogP contribution is -2.41. The molecule has 0 fully saturated rings. The second kappa shape index (κ2) is 10.8. The van der Waals surface area contributed by atoms with Crippen molar-refractivity contribution in [2.24, 2.45) is 0 Å². The van der Waals surface area contributed by atoms with E-state index in [4.69, 9.17) is 0 Å². The van der Waals surface area contributed by atoms with Crippen LogP contribution in [0, 0.1) is 25.5 Å². The van der Waals surface area contributed by atoms with Gasteiger partial charge < -0.3 is 0 Å². The van der Waals surface area contributed by atoms with Gasteiger partial charge in [-0.2, -0.15) is 0 Å². The normalized spacial score (nSPS) is 10.6. The average Bonchev–Trinajstić information content (AvgIpc) is 2.75. The first-order valence-electron chi connectivity index (χ1n) is 9.88. The van der Waals surface area contributed by atoms with E-state index in [-0.39, 0.29) is 18.4 Å². The Kier molecular flexibility index (Phi) is 7.88. The molecule has 0 radical (unpaired) electrons. The quantitative estimate of drug-likeness (QED) is 0.318. The summed E-state index contributed by atoms with van der Waals surface area (Å²) in [7, 11) is 0. The highest BCUT2D eigenvalue weighted by Gasteiger charge is 2.12. The summed E-state index contributed by atoms with van der Waals surface area (Å²) in [6.07, 6.45) is -0.286. The Morgan fingerprint density at radius 3 is 2.19 bits per heavy atom. The van der Waals surface area contributed by atoms with Gasteiger partial charge in [-0.15, -0.1) is 0 Å². The third kappa shape index (κ3) is 6.58. The summed E-state index contributed by atoms with van der Waals surface area (Å²) >= 11 is 1.50. The van der Waals surface area contributed by atoms with Gasteiger partial charge in [0.25, 0.3) is 5.91 Å². The maximum atomic E-state index is 13.6. The molecule has 166 valence electrons. The average molecular weight is 457 g/mol. The van der Waals surface area contributed by atoms with E-state index in [1.807, 2.05) is 32.0 Å². The summed E-state index contributed by atoms with van der Waals surface area (Å²) in [5, 5.41) is 0.697. The second-order valence-corrected chi connectivity index (χ2v) is 8.06. The van der Waals surface area contributed by atoms with Gasteiger partial charge in [-0.05, 0) is 56.2 Å². The zero-order valence-electron chi connectivity index (χ0n) is 17.6. The number of halogens is 2. The molecule has 0 saturated heterocycles. The van der Waals surface area contributed by atoms with Crippen molar-refractivity contribution in [2.75, 3.05) is 0 Å². The summed E-state index contributed by atoms with van der Waals surface area (Å²) in [6.45, 7) is 3.84. The lowest BCUT2D eigenvalue weighted by Gasteiger charge is -2.09. The largest absolute Gasteiger partial charge is 0.273 e. The molecule has 0 aliphatic heterocycles. The van der Waals surface area contributed by atoms with Crippen LogP contribution in [-0.2, 0) is 17.0 Å². The second-order valence-electron chi connectivity index (χ2n) is 7.12. The highest BCUT2D eigenvalue weighted by Crippen LogP contribution is 2.20. The fourth-order valence-electron chi connectivity index (χ4n) is 2.93. The van der Waals surface area contributed by atoms with Gasteiger partial charge in [-0.1, -0.05) is 30.0 Å². The Bertz CT molecular complexity index is 1080. The van der Waals surface area contributed by atoms with Crippen LogP contribution in [0.1, 0.15) is 39.3 Å². The van der Waals surface area contributed by atoms with Crippen LogP contribution >= 0.6 is 11.8 Å². The molecule has 1 aromatic heterocycles. The van der Waals surface area contributed by atoms with Crippen LogP contribution in [-0.4, -0.2) is 21.8 Å². The van der Waals surface area contributed by atoms with Gasteiger partial charge in [0.15, 0.2) is 5.16 Å². The topological polar surface area (TPSA) is 84.0 Å².